The van der Waals surface area contributed by atoms with Gasteiger partial charge in [0, 0.05) is 24.7 Å². The van der Waals surface area contributed by atoms with E-state index in [9.17, 15) is 14.9 Å². The van der Waals surface area contributed by atoms with Gasteiger partial charge >= 0.3 is 0 Å². The van der Waals surface area contributed by atoms with Gasteiger partial charge in [-0.25, -0.2) is 0 Å². The number of aromatic nitrogens is 1. The smallest absolute Gasteiger partial charge is 0.270 e. The van der Waals surface area contributed by atoms with Gasteiger partial charge in [-0.2, -0.15) is 5.26 Å². The van der Waals surface area contributed by atoms with Gasteiger partial charge in [0.2, 0.25) is 0 Å². The molecule has 2 heterocycles. The number of thiocarbonyl (C=S) groups is 1. The van der Waals surface area contributed by atoms with Crippen molar-refractivity contribution in [3.05, 3.63) is 55.7 Å². The molecule has 0 spiro atoms. The third-order valence-electron chi connectivity index (χ3n) is 7.38. The summed E-state index contributed by atoms with van der Waals surface area (Å²) in [6.07, 6.45) is 7.75. The van der Waals surface area contributed by atoms with Crippen LogP contribution in [0.5, 0.6) is 11.5 Å². The third-order valence-corrected chi connectivity index (χ3v) is 8.71. The van der Waals surface area contributed by atoms with Crippen LogP contribution in [0.4, 0.5) is 5.82 Å². The second-order valence-corrected chi connectivity index (χ2v) is 11.3. The van der Waals surface area contributed by atoms with Crippen molar-refractivity contribution in [3.8, 4) is 17.6 Å². The Morgan fingerprint density at radius 2 is 1.90 bits per heavy atom. The van der Waals surface area contributed by atoms with Crippen LogP contribution < -0.4 is 20.3 Å². The van der Waals surface area contributed by atoms with Crippen molar-refractivity contribution in [1.29, 1.82) is 5.26 Å². The molecular weight excluding hydrogens is 532 g/mol. The van der Waals surface area contributed by atoms with Crippen molar-refractivity contribution in [2.24, 2.45) is 0 Å². The van der Waals surface area contributed by atoms with Crippen LogP contribution in [0.3, 0.4) is 0 Å². The van der Waals surface area contributed by atoms with E-state index in [-0.39, 0.29) is 23.1 Å². The Balaban J connectivity index is 1.68. The molecule has 1 N–H and O–H groups in total. The minimum absolute atomic E-state index is 0.0799. The first-order chi connectivity index (χ1) is 18.8. The van der Waals surface area contributed by atoms with Crippen molar-refractivity contribution < 1.29 is 14.3 Å². The van der Waals surface area contributed by atoms with Crippen LogP contribution in [0.1, 0.15) is 61.3 Å². The normalized spacial score (nSPS) is 17.0. The number of thioether (sulfide) groups is 1. The van der Waals surface area contributed by atoms with Crippen molar-refractivity contribution in [3.63, 3.8) is 0 Å². The third kappa shape index (κ3) is 5.85. The summed E-state index contributed by atoms with van der Waals surface area (Å²) in [7, 11) is 3.20. The van der Waals surface area contributed by atoms with Gasteiger partial charge < -0.3 is 14.8 Å². The highest BCUT2D eigenvalue weighted by Crippen LogP contribution is 2.38. The van der Waals surface area contributed by atoms with Crippen molar-refractivity contribution in [2.45, 2.75) is 65.0 Å². The van der Waals surface area contributed by atoms with E-state index in [1.807, 2.05) is 25.1 Å². The van der Waals surface area contributed by atoms with Crippen LogP contribution in [0.25, 0.3) is 6.08 Å². The van der Waals surface area contributed by atoms with Crippen LogP contribution >= 0.6 is 24.0 Å². The molecule has 2 fully saturated rings. The number of anilines is 1. The molecule has 1 aromatic heterocycles. The van der Waals surface area contributed by atoms with Crippen LogP contribution in [-0.4, -0.2) is 46.5 Å². The number of carbonyl (C=O) groups excluding carboxylic acids is 1. The molecule has 0 bridgehead atoms. The Morgan fingerprint density at radius 3 is 2.54 bits per heavy atom. The molecule has 1 saturated heterocycles. The molecule has 1 aromatic carbocycles. The lowest BCUT2D eigenvalue weighted by molar-refractivity contribution is -0.124. The highest BCUT2D eigenvalue weighted by Gasteiger charge is 2.37. The van der Waals surface area contributed by atoms with Gasteiger partial charge in [-0.3, -0.25) is 19.1 Å². The monoisotopic (exact) mass is 566 g/mol. The number of benzene rings is 1. The fraction of sp³-hybridized carbons (Fsp3) is 0.448. The number of pyridine rings is 1. The minimum Gasteiger partial charge on any atom is -0.493 e. The maximum Gasteiger partial charge on any atom is 0.270 e. The van der Waals surface area contributed by atoms with Gasteiger partial charge in [-0.1, -0.05) is 49.3 Å². The number of amides is 1. The Morgan fingerprint density at radius 1 is 1.18 bits per heavy atom. The molecule has 8 nitrogen and oxygen atoms in total. The molecule has 4 rings (SSSR count). The molecule has 1 amide bonds. The fourth-order valence-corrected chi connectivity index (χ4v) is 6.66. The molecule has 0 unspecified atom stereocenters. The maximum atomic E-state index is 13.5. The molecule has 39 heavy (non-hydrogen) atoms. The van der Waals surface area contributed by atoms with Gasteiger partial charge in [0.25, 0.3) is 11.5 Å². The summed E-state index contributed by atoms with van der Waals surface area (Å²) in [4.78, 5) is 29.0. The Bertz CT molecular complexity index is 1400. The van der Waals surface area contributed by atoms with Crippen LogP contribution in [0.15, 0.2) is 27.9 Å². The van der Waals surface area contributed by atoms with Crippen molar-refractivity contribution >= 4 is 46.1 Å². The second-order valence-electron chi connectivity index (χ2n) is 9.63. The first-order valence-electron chi connectivity index (χ1n) is 13.2. The van der Waals surface area contributed by atoms with Gasteiger partial charge in [0.05, 0.1) is 19.1 Å². The fourth-order valence-electron chi connectivity index (χ4n) is 5.28. The van der Waals surface area contributed by atoms with E-state index in [1.54, 1.807) is 36.7 Å². The molecule has 1 saturated carbocycles. The Labute approximate surface area is 239 Å². The van der Waals surface area contributed by atoms with E-state index >= 15 is 0 Å². The van der Waals surface area contributed by atoms with E-state index in [0.717, 1.165) is 31.2 Å². The quantitative estimate of drug-likeness (QED) is 0.325. The molecule has 1 aliphatic heterocycles. The molecule has 206 valence electrons. The summed E-state index contributed by atoms with van der Waals surface area (Å²) in [6.45, 7) is 4.51. The zero-order valence-electron chi connectivity index (χ0n) is 22.8. The number of nitrogens with one attached hydrogen (secondary N) is 1. The van der Waals surface area contributed by atoms with Gasteiger partial charge in [-0.05, 0) is 62.4 Å². The largest absolute Gasteiger partial charge is 0.493 e. The van der Waals surface area contributed by atoms with E-state index in [4.69, 9.17) is 21.7 Å². The van der Waals surface area contributed by atoms with Gasteiger partial charge in [-0.15, -0.1) is 0 Å². The number of nitrogens with zero attached hydrogens (tertiary/aromatic N) is 3. The summed E-state index contributed by atoms with van der Waals surface area (Å²) in [5.74, 6) is 1.79. The van der Waals surface area contributed by atoms with Gasteiger partial charge in [0.15, 0.2) is 11.5 Å². The summed E-state index contributed by atoms with van der Waals surface area (Å²) in [5, 5.41) is 13.2. The van der Waals surface area contributed by atoms with Crippen molar-refractivity contribution in [2.75, 3.05) is 26.1 Å². The number of nitriles is 1. The number of methoxy groups -OCH3 is 2. The highest BCUT2D eigenvalue weighted by molar-refractivity contribution is 8.26. The highest BCUT2D eigenvalue weighted by atomic mass is 32.2. The lowest BCUT2D eigenvalue weighted by Gasteiger charge is -2.29. The molecule has 1 aliphatic carbocycles. The van der Waals surface area contributed by atoms with Crippen LogP contribution in [-0.2, 0) is 17.8 Å². The Kier molecular flexibility index (Phi) is 9.36. The first kappa shape index (κ1) is 28.7. The number of ether oxygens (including phenoxy) is 2. The Hall–Kier alpha value is -3.29. The summed E-state index contributed by atoms with van der Waals surface area (Å²) < 4.78 is 12.9. The summed E-state index contributed by atoms with van der Waals surface area (Å²) in [5.41, 5.74) is 1.97. The molecular formula is C29H34N4O4S2. The second kappa shape index (κ2) is 12.7. The summed E-state index contributed by atoms with van der Waals surface area (Å²) >= 11 is 6.91. The molecule has 0 radical (unpaired) electrons. The standard InChI is InChI=1S/C29H34N4O4S2/c1-5-32-26(31-14-13-19-11-12-23(36-3)24(15-19)37-4)21(18(2)22(17-30)27(32)34)16-25-28(35)33(29(38)39-25)20-9-7-6-8-10-20/h11-12,15-16,20,31H,5-10,13-14H2,1-4H3/b25-16+. The zero-order chi connectivity index (χ0) is 28.1. The SMILES string of the molecule is CCn1c(NCCc2ccc(OC)c(OC)c2)c(/C=C2/SC(=S)N(C3CCCCC3)C2=O)c(C)c(C#N)c1=O. The zero-order valence-corrected chi connectivity index (χ0v) is 24.5. The number of hydrogen-bond acceptors (Lipinski definition) is 8. The van der Waals surface area contributed by atoms with E-state index in [0.29, 0.717) is 57.2 Å². The molecule has 2 aliphatic rings. The average molecular weight is 567 g/mol. The van der Waals surface area contributed by atoms with Crippen LogP contribution in [0, 0.1) is 18.3 Å². The van der Waals surface area contributed by atoms with Crippen molar-refractivity contribution in [1.82, 2.24) is 9.47 Å². The van der Waals surface area contributed by atoms with Gasteiger partial charge in [0.1, 0.15) is 21.8 Å². The number of carbonyl (C=O) groups is 1. The van der Waals surface area contributed by atoms with E-state index in [1.165, 1.54) is 18.2 Å². The van der Waals surface area contributed by atoms with Crippen LogP contribution in [0.2, 0.25) is 0 Å². The molecule has 2 aromatic rings. The minimum atomic E-state index is -0.349. The summed E-state index contributed by atoms with van der Waals surface area (Å²) in [6, 6.07) is 7.97. The maximum absolute atomic E-state index is 13.5. The lowest BCUT2D eigenvalue weighted by atomic mass is 9.94. The average Bonchev–Trinajstić information content (AvgIpc) is 3.23. The first-order valence-corrected chi connectivity index (χ1v) is 14.5. The predicted molar refractivity (Wildman–Crippen MR) is 159 cm³/mol. The van der Waals surface area contributed by atoms with E-state index < -0.39 is 0 Å². The predicted octanol–water partition coefficient (Wildman–Crippen LogP) is 5.25. The van der Waals surface area contributed by atoms with E-state index in [2.05, 4.69) is 11.4 Å². The molecule has 0 atom stereocenters. The number of rotatable bonds is 9. The topological polar surface area (TPSA) is 96.6 Å². The molecule has 10 heteroatoms. The number of hydrogen-bond donors (Lipinski definition) is 1. The lowest BCUT2D eigenvalue weighted by Crippen LogP contribution is -2.39.